The zero-order valence-corrected chi connectivity index (χ0v) is 36.0. The second kappa shape index (κ2) is 41.6. The molecule has 0 saturated heterocycles. The highest BCUT2D eigenvalue weighted by molar-refractivity contribution is 9.09. The Labute approximate surface area is 323 Å². The number of hydrogen-bond donors (Lipinski definition) is 0. The molecule has 1 atom stereocenters. The Kier molecular flexibility index (Phi) is 41.4. The van der Waals surface area contributed by atoms with Crippen molar-refractivity contribution in [3.63, 3.8) is 0 Å². The van der Waals surface area contributed by atoms with Crippen LogP contribution in [0.15, 0.2) is 24.3 Å². The molecule has 0 rings (SSSR count). The van der Waals surface area contributed by atoms with Gasteiger partial charge in [0.1, 0.15) is 19.2 Å². The summed E-state index contributed by atoms with van der Waals surface area (Å²) < 4.78 is 19.3. The van der Waals surface area contributed by atoms with Gasteiger partial charge in [0.25, 0.3) is 0 Å². The summed E-state index contributed by atoms with van der Waals surface area (Å²) in [5.74, 6) is 0. The number of quaternary nitrogens is 1. The molecule has 5 heteroatoms. The normalized spacial score (nSPS) is 13.0. The van der Waals surface area contributed by atoms with Crippen LogP contribution in [0.5, 0.6) is 0 Å². The summed E-state index contributed by atoms with van der Waals surface area (Å²) in [4.78, 5) is 0. The smallest absolute Gasteiger partial charge is 0.130 e. The van der Waals surface area contributed by atoms with E-state index < -0.39 is 0 Å². The summed E-state index contributed by atoms with van der Waals surface area (Å²) in [7, 11) is 4.59. The van der Waals surface area contributed by atoms with Crippen molar-refractivity contribution < 1.29 is 18.7 Å². The number of alkyl halides is 1. The van der Waals surface area contributed by atoms with Crippen molar-refractivity contribution in [1.82, 2.24) is 0 Å². The molecule has 0 N–H and O–H groups in total. The predicted octanol–water partition coefficient (Wildman–Crippen LogP) is 14.0. The molecule has 0 bridgehead atoms. The van der Waals surface area contributed by atoms with Crippen molar-refractivity contribution in [1.29, 1.82) is 0 Å². The van der Waals surface area contributed by atoms with Gasteiger partial charge in [0.05, 0.1) is 33.9 Å². The molecule has 0 spiro atoms. The Bertz CT molecular complexity index is 698. The summed E-state index contributed by atoms with van der Waals surface area (Å²) in [6.07, 6.45) is 47.3. The van der Waals surface area contributed by atoms with Gasteiger partial charge in [-0.05, 0) is 64.2 Å². The van der Waals surface area contributed by atoms with Gasteiger partial charge in [0, 0.05) is 18.5 Å². The van der Waals surface area contributed by atoms with Crippen LogP contribution in [0.2, 0.25) is 0 Å². The minimum atomic E-state index is 0.151. The molecule has 0 saturated carbocycles. The van der Waals surface area contributed by atoms with E-state index in [0.29, 0.717) is 6.61 Å². The van der Waals surface area contributed by atoms with Crippen LogP contribution >= 0.6 is 15.9 Å². The monoisotopic (exact) mass is 771 g/mol. The molecule has 4 nitrogen and oxygen atoms in total. The first kappa shape index (κ1) is 49.8. The summed E-state index contributed by atoms with van der Waals surface area (Å²) in [5.41, 5.74) is 0. The molecular formula is C45H89BrNO3+. The SMILES string of the molecule is CCCCCCCCC=CCCCCCCCCOCC(C[N+](C)(C)CCOCCBr)OCCCCCCCCC=CCCCCCCCC. The van der Waals surface area contributed by atoms with Crippen molar-refractivity contribution >= 4 is 15.9 Å². The average Bonchev–Trinajstić information content (AvgIpc) is 3.10. The molecule has 1 unspecified atom stereocenters. The lowest BCUT2D eigenvalue weighted by molar-refractivity contribution is -0.893. The maximum Gasteiger partial charge on any atom is 0.130 e. The van der Waals surface area contributed by atoms with Gasteiger partial charge >= 0.3 is 0 Å². The standard InChI is InChI=1S/C45H89BrNO3/c1-5-7-9-11-13-15-17-19-21-23-25-27-29-31-33-35-39-49-44-45(43-47(3,4)38-42-48-41-37-46)50-40-36-34-32-30-28-26-24-22-20-18-16-14-12-10-8-6-2/h19-22,45H,5-18,23-44H2,1-4H3/q+1. The van der Waals surface area contributed by atoms with Gasteiger partial charge in [0.15, 0.2) is 0 Å². The van der Waals surface area contributed by atoms with Crippen molar-refractivity contribution in [2.75, 3.05) is 65.5 Å². The van der Waals surface area contributed by atoms with Gasteiger partial charge in [-0.3, -0.25) is 0 Å². The van der Waals surface area contributed by atoms with Gasteiger partial charge in [-0.15, -0.1) is 0 Å². The van der Waals surface area contributed by atoms with E-state index in [0.717, 1.165) is 55.8 Å². The van der Waals surface area contributed by atoms with Crippen LogP contribution in [0.4, 0.5) is 0 Å². The fraction of sp³-hybridized carbons (Fsp3) is 0.911. The predicted molar refractivity (Wildman–Crippen MR) is 226 cm³/mol. The Hall–Kier alpha value is -0.200. The first-order chi connectivity index (χ1) is 24.6. The number of likely N-dealkylation sites (N-methyl/N-ethyl adjacent to an activating group) is 1. The lowest BCUT2D eigenvalue weighted by atomic mass is 10.1. The third kappa shape index (κ3) is 40.6. The Morgan fingerprint density at radius 1 is 0.460 bits per heavy atom. The van der Waals surface area contributed by atoms with Crippen LogP contribution in [0, 0.1) is 0 Å². The van der Waals surface area contributed by atoms with E-state index in [1.807, 2.05) is 0 Å². The van der Waals surface area contributed by atoms with E-state index in [9.17, 15) is 0 Å². The van der Waals surface area contributed by atoms with E-state index in [1.165, 1.54) is 173 Å². The Balaban J connectivity index is 4.00. The molecule has 298 valence electrons. The molecule has 0 radical (unpaired) electrons. The summed E-state index contributed by atoms with van der Waals surface area (Å²) in [6, 6.07) is 0. The van der Waals surface area contributed by atoms with Crippen LogP contribution < -0.4 is 0 Å². The second-order valence-corrected chi connectivity index (χ2v) is 16.4. The molecule has 0 amide bonds. The van der Waals surface area contributed by atoms with Crippen LogP contribution in [0.3, 0.4) is 0 Å². The number of allylic oxidation sites excluding steroid dienone is 4. The molecule has 0 aliphatic carbocycles. The lowest BCUT2D eigenvalue weighted by Gasteiger charge is -2.33. The third-order valence-corrected chi connectivity index (χ3v) is 10.2. The molecule has 0 heterocycles. The zero-order chi connectivity index (χ0) is 36.5. The molecule has 0 aliphatic rings. The maximum absolute atomic E-state index is 6.45. The highest BCUT2D eigenvalue weighted by atomic mass is 79.9. The quantitative estimate of drug-likeness (QED) is 0.0268. The second-order valence-electron chi connectivity index (χ2n) is 15.6. The minimum absolute atomic E-state index is 0.151. The fourth-order valence-corrected chi connectivity index (χ4v) is 6.76. The van der Waals surface area contributed by atoms with Crippen LogP contribution in [-0.4, -0.2) is 76.1 Å². The summed E-state index contributed by atoms with van der Waals surface area (Å²) in [6.45, 7) is 10.5. The number of hydrogen-bond acceptors (Lipinski definition) is 3. The van der Waals surface area contributed by atoms with Gasteiger partial charge in [0.2, 0.25) is 0 Å². The minimum Gasteiger partial charge on any atom is -0.379 e. The van der Waals surface area contributed by atoms with Crippen molar-refractivity contribution in [2.24, 2.45) is 0 Å². The van der Waals surface area contributed by atoms with Crippen molar-refractivity contribution in [2.45, 2.75) is 200 Å². The van der Waals surface area contributed by atoms with Crippen molar-refractivity contribution in [3.8, 4) is 0 Å². The first-order valence-electron chi connectivity index (χ1n) is 22.0. The molecule has 0 aromatic heterocycles. The van der Waals surface area contributed by atoms with Gasteiger partial charge in [-0.1, -0.05) is 170 Å². The molecular weight excluding hydrogens is 682 g/mol. The largest absolute Gasteiger partial charge is 0.379 e. The van der Waals surface area contributed by atoms with Crippen LogP contribution in [-0.2, 0) is 14.2 Å². The average molecular weight is 772 g/mol. The number of halogens is 1. The summed E-state index contributed by atoms with van der Waals surface area (Å²) >= 11 is 3.46. The maximum atomic E-state index is 6.45. The third-order valence-electron chi connectivity index (χ3n) is 9.87. The number of unbranched alkanes of at least 4 members (excludes halogenated alkanes) is 24. The van der Waals surface area contributed by atoms with E-state index in [4.69, 9.17) is 14.2 Å². The summed E-state index contributed by atoms with van der Waals surface area (Å²) in [5, 5.41) is 0.896. The van der Waals surface area contributed by atoms with Crippen LogP contribution in [0.1, 0.15) is 194 Å². The van der Waals surface area contributed by atoms with Crippen molar-refractivity contribution in [3.05, 3.63) is 24.3 Å². The highest BCUT2D eigenvalue weighted by Crippen LogP contribution is 2.13. The molecule has 0 fully saturated rings. The molecule has 50 heavy (non-hydrogen) atoms. The molecule has 0 aromatic rings. The van der Waals surface area contributed by atoms with Gasteiger partial charge in [-0.2, -0.15) is 0 Å². The molecule has 0 aliphatic heterocycles. The van der Waals surface area contributed by atoms with E-state index in [1.54, 1.807) is 0 Å². The van der Waals surface area contributed by atoms with Crippen LogP contribution in [0.25, 0.3) is 0 Å². The van der Waals surface area contributed by atoms with E-state index in [-0.39, 0.29) is 6.10 Å². The van der Waals surface area contributed by atoms with Gasteiger partial charge < -0.3 is 18.7 Å². The number of nitrogens with zero attached hydrogens (tertiary/aromatic N) is 1. The molecule has 0 aromatic carbocycles. The van der Waals surface area contributed by atoms with E-state index in [2.05, 4.69) is 68.2 Å². The van der Waals surface area contributed by atoms with Gasteiger partial charge in [-0.25, -0.2) is 0 Å². The number of ether oxygens (including phenoxy) is 3. The fourth-order valence-electron chi connectivity index (χ4n) is 6.53. The lowest BCUT2D eigenvalue weighted by Crippen LogP contribution is -2.49. The Morgan fingerprint density at radius 3 is 1.30 bits per heavy atom. The highest BCUT2D eigenvalue weighted by Gasteiger charge is 2.23. The zero-order valence-electron chi connectivity index (χ0n) is 34.4. The number of rotatable bonds is 42. The first-order valence-corrected chi connectivity index (χ1v) is 23.1. The Morgan fingerprint density at radius 2 is 0.860 bits per heavy atom. The topological polar surface area (TPSA) is 27.7 Å². The van der Waals surface area contributed by atoms with E-state index >= 15 is 0 Å².